The van der Waals surface area contributed by atoms with Gasteiger partial charge >= 0.3 is 0 Å². The van der Waals surface area contributed by atoms with Crippen molar-refractivity contribution in [2.24, 2.45) is 0 Å². The number of nitrogens with zero attached hydrogens (tertiary/aromatic N) is 3. The first-order valence-electron chi connectivity index (χ1n) is 6.16. The molecule has 2 aromatic heterocycles. The summed E-state index contributed by atoms with van der Waals surface area (Å²) in [6.07, 6.45) is 5.54. The van der Waals surface area contributed by atoms with Crippen molar-refractivity contribution in [2.75, 3.05) is 7.05 Å². The fourth-order valence-corrected chi connectivity index (χ4v) is 2.63. The Morgan fingerprint density at radius 3 is 2.89 bits per heavy atom. The summed E-state index contributed by atoms with van der Waals surface area (Å²) in [7, 11) is 1.81. The van der Waals surface area contributed by atoms with E-state index in [0.717, 1.165) is 23.1 Å². The summed E-state index contributed by atoms with van der Waals surface area (Å²) in [5.74, 6) is -0.321. The van der Waals surface area contributed by atoms with Crippen LogP contribution < -0.4 is 5.32 Å². The van der Waals surface area contributed by atoms with Crippen molar-refractivity contribution in [3.8, 4) is 0 Å². The first-order valence-corrected chi connectivity index (χ1v) is 6.96. The zero-order valence-electron chi connectivity index (χ0n) is 10.9. The zero-order valence-corrected chi connectivity index (χ0v) is 12.5. The molecule has 1 N–H and O–H groups in total. The summed E-state index contributed by atoms with van der Waals surface area (Å²) < 4.78 is 16.7. The van der Waals surface area contributed by atoms with Crippen LogP contribution in [0.4, 0.5) is 4.39 Å². The topological polar surface area (TPSA) is 42.7 Å². The van der Waals surface area contributed by atoms with Crippen LogP contribution in [0.25, 0.3) is 0 Å². The molecule has 19 heavy (non-hydrogen) atoms. The van der Waals surface area contributed by atoms with Gasteiger partial charge in [-0.2, -0.15) is 5.10 Å². The number of aryl methyl sites for hydroxylation is 1. The Labute approximate surface area is 120 Å². The van der Waals surface area contributed by atoms with E-state index in [-0.39, 0.29) is 11.9 Å². The molecule has 1 unspecified atom stereocenters. The Bertz CT molecular complexity index is 555. The lowest BCUT2D eigenvalue weighted by atomic mass is 10.0. The van der Waals surface area contributed by atoms with Gasteiger partial charge in [0.15, 0.2) is 0 Å². The average Bonchev–Trinajstić information content (AvgIpc) is 2.75. The highest BCUT2D eigenvalue weighted by atomic mass is 79.9. The van der Waals surface area contributed by atoms with Crippen LogP contribution in [-0.2, 0) is 6.54 Å². The SMILES string of the molecule is CCCn1ncc(Br)c1C(NC)c1ccncc1F. The molecule has 0 radical (unpaired) electrons. The van der Waals surface area contributed by atoms with Crippen LogP contribution in [-0.4, -0.2) is 21.8 Å². The number of halogens is 2. The number of nitrogens with one attached hydrogen (secondary N) is 1. The number of aromatic nitrogens is 3. The third-order valence-corrected chi connectivity index (χ3v) is 3.56. The van der Waals surface area contributed by atoms with Gasteiger partial charge in [0, 0.05) is 18.3 Å². The molecule has 0 saturated heterocycles. The molecule has 4 nitrogen and oxygen atoms in total. The van der Waals surface area contributed by atoms with Crippen molar-refractivity contribution < 1.29 is 4.39 Å². The third kappa shape index (κ3) is 2.84. The van der Waals surface area contributed by atoms with Crippen molar-refractivity contribution in [3.63, 3.8) is 0 Å². The first-order chi connectivity index (χ1) is 9.19. The molecule has 6 heteroatoms. The number of rotatable bonds is 5. The average molecular weight is 327 g/mol. The zero-order chi connectivity index (χ0) is 13.8. The van der Waals surface area contributed by atoms with E-state index < -0.39 is 0 Å². The highest BCUT2D eigenvalue weighted by Gasteiger charge is 2.22. The van der Waals surface area contributed by atoms with Gasteiger partial charge in [0.1, 0.15) is 5.82 Å². The molecule has 0 saturated carbocycles. The Balaban J connectivity index is 2.48. The van der Waals surface area contributed by atoms with Crippen LogP contribution in [0, 0.1) is 5.82 Å². The molecule has 2 heterocycles. The molecule has 0 amide bonds. The fourth-order valence-electron chi connectivity index (χ4n) is 2.11. The second-order valence-electron chi connectivity index (χ2n) is 4.22. The van der Waals surface area contributed by atoms with Gasteiger partial charge < -0.3 is 5.32 Å². The normalized spacial score (nSPS) is 12.6. The van der Waals surface area contributed by atoms with Crippen LogP contribution in [0.2, 0.25) is 0 Å². The molecule has 0 aromatic carbocycles. The number of pyridine rings is 1. The fraction of sp³-hybridized carbons (Fsp3) is 0.385. The lowest BCUT2D eigenvalue weighted by Crippen LogP contribution is -2.23. The van der Waals surface area contributed by atoms with E-state index in [4.69, 9.17) is 0 Å². The van der Waals surface area contributed by atoms with E-state index in [1.807, 2.05) is 4.68 Å². The molecule has 1 atom stereocenters. The molecular formula is C13H16BrFN4. The highest BCUT2D eigenvalue weighted by Crippen LogP contribution is 2.29. The molecular weight excluding hydrogens is 311 g/mol. The maximum Gasteiger partial charge on any atom is 0.146 e. The molecule has 0 aliphatic heterocycles. The molecule has 0 bridgehead atoms. The second kappa shape index (κ2) is 6.25. The molecule has 2 aromatic rings. The summed E-state index contributed by atoms with van der Waals surface area (Å²) in [5.41, 5.74) is 1.49. The minimum absolute atomic E-state index is 0.258. The maximum atomic E-state index is 13.9. The molecule has 2 rings (SSSR count). The largest absolute Gasteiger partial charge is 0.308 e. The van der Waals surface area contributed by atoms with E-state index in [9.17, 15) is 4.39 Å². The Morgan fingerprint density at radius 2 is 2.26 bits per heavy atom. The van der Waals surface area contributed by atoms with Gasteiger partial charge in [0.25, 0.3) is 0 Å². The van der Waals surface area contributed by atoms with Gasteiger partial charge in [-0.15, -0.1) is 0 Å². The highest BCUT2D eigenvalue weighted by molar-refractivity contribution is 9.10. The maximum absolute atomic E-state index is 13.9. The van der Waals surface area contributed by atoms with Crippen molar-refractivity contribution in [1.29, 1.82) is 0 Å². The van der Waals surface area contributed by atoms with Gasteiger partial charge in [-0.1, -0.05) is 6.92 Å². The first kappa shape index (κ1) is 14.1. The quantitative estimate of drug-likeness (QED) is 0.918. The molecule has 0 aliphatic carbocycles. The van der Waals surface area contributed by atoms with E-state index in [0.29, 0.717) is 5.56 Å². The van der Waals surface area contributed by atoms with E-state index in [2.05, 4.69) is 38.3 Å². The van der Waals surface area contributed by atoms with Crippen LogP contribution in [0.15, 0.2) is 29.1 Å². The summed E-state index contributed by atoms with van der Waals surface area (Å²) in [4.78, 5) is 3.79. The minimum atomic E-state index is -0.321. The monoisotopic (exact) mass is 326 g/mol. The van der Waals surface area contributed by atoms with Crippen LogP contribution in [0.5, 0.6) is 0 Å². The Morgan fingerprint density at radius 1 is 1.47 bits per heavy atom. The van der Waals surface area contributed by atoms with Crippen LogP contribution in [0.1, 0.15) is 30.6 Å². The van der Waals surface area contributed by atoms with Crippen LogP contribution in [0.3, 0.4) is 0 Å². The Hall–Kier alpha value is -1.27. The van der Waals surface area contributed by atoms with E-state index in [1.54, 1.807) is 25.5 Å². The van der Waals surface area contributed by atoms with Crippen molar-refractivity contribution in [2.45, 2.75) is 25.9 Å². The van der Waals surface area contributed by atoms with Gasteiger partial charge in [0.05, 0.1) is 28.6 Å². The third-order valence-electron chi connectivity index (χ3n) is 2.95. The molecule has 0 aliphatic rings. The second-order valence-corrected chi connectivity index (χ2v) is 5.07. The summed E-state index contributed by atoms with van der Waals surface area (Å²) in [6, 6.07) is 1.43. The predicted molar refractivity (Wildman–Crippen MR) is 75.3 cm³/mol. The summed E-state index contributed by atoms with van der Waals surface area (Å²) in [6.45, 7) is 2.88. The molecule has 102 valence electrons. The van der Waals surface area contributed by atoms with Crippen LogP contribution >= 0.6 is 15.9 Å². The smallest absolute Gasteiger partial charge is 0.146 e. The van der Waals surface area contributed by atoms with Gasteiger partial charge in [-0.25, -0.2) is 4.39 Å². The van der Waals surface area contributed by atoms with Crippen molar-refractivity contribution in [1.82, 2.24) is 20.1 Å². The lowest BCUT2D eigenvalue weighted by Gasteiger charge is -2.19. The van der Waals surface area contributed by atoms with E-state index >= 15 is 0 Å². The predicted octanol–water partition coefficient (Wildman–Crippen LogP) is 2.90. The summed E-state index contributed by atoms with van der Waals surface area (Å²) >= 11 is 3.49. The molecule has 0 spiro atoms. The van der Waals surface area contributed by atoms with E-state index in [1.165, 1.54) is 6.20 Å². The van der Waals surface area contributed by atoms with Gasteiger partial charge in [0.2, 0.25) is 0 Å². The number of hydrogen-bond donors (Lipinski definition) is 1. The standard InChI is InChI=1S/C13H16BrFN4/c1-3-6-19-13(10(14)7-18-19)12(16-2)9-4-5-17-8-11(9)15/h4-5,7-8,12,16H,3,6H2,1-2H3. The Kier molecular flexibility index (Phi) is 4.66. The molecule has 0 fully saturated rings. The van der Waals surface area contributed by atoms with Crippen molar-refractivity contribution in [3.05, 3.63) is 46.2 Å². The lowest BCUT2D eigenvalue weighted by molar-refractivity contribution is 0.513. The number of hydrogen-bond acceptors (Lipinski definition) is 3. The minimum Gasteiger partial charge on any atom is -0.308 e. The van der Waals surface area contributed by atoms with Crippen molar-refractivity contribution >= 4 is 15.9 Å². The van der Waals surface area contributed by atoms with Gasteiger partial charge in [-0.05, 0) is 35.5 Å². The van der Waals surface area contributed by atoms with Gasteiger partial charge in [-0.3, -0.25) is 9.67 Å². The summed E-state index contributed by atoms with van der Waals surface area (Å²) in [5, 5.41) is 7.46.